The van der Waals surface area contributed by atoms with Crippen molar-refractivity contribution in [2.24, 2.45) is 10.3 Å². The summed E-state index contributed by atoms with van der Waals surface area (Å²) in [5, 5.41) is 7.32. The number of nitrogens with two attached hydrogens (primary N) is 2. The third-order valence-electron chi connectivity index (χ3n) is 0. The van der Waals surface area contributed by atoms with Crippen LogP contribution in [0.2, 0.25) is 0 Å². The van der Waals surface area contributed by atoms with E-state index in [4.69, 9.17) is 16.8 Å². The number of halogens is 2. The Morgan fingerprint density at radius 2 is 0.818 bits per heavy atom. The maximum atomic E-state index is 10.4. The Bertz CT molecular complexity index is 220. The van der Waals surface area contributed by atoms with Crippen LogP contribution in [0.25, 0.3) is 0 Å². The van der Waals surface area contributed by atoms with Crippen molar-refractivity contribution in [1.29, 1.82) is 0 Å². The second-order valence-electron chi connectivity index (χ2n) is 0.951. The summed E-state index contributed by atoms with van der Waals surface area (Å²) in [6.07, 6.45) is 0. The summed E-state index contributed by atoms with van der Waals surface area (Å²) in [6.45, 7) is 0. The van der Waals surface area contributed by atoms with Gasteiger partial charge >= 0.3 is 20.8 Å². The molecule has 0 atom stereocenters. The molecule has 0 aliphatic carbocycles. The predicted molar refractivity (Wildman–Crippen MR) is 34.2 cm³/mol. The van der Waals surface area contributed by atoms with E-state index in [2.05, 4.69) is 10.3 Å². The van der Waals surface area contributed by atoms with Crippen molar-refractivity contribution in [3.8, 4) is 0 Å². The van der Waals surface area contributed by atoms with E-state index in [1.165, 1.54) is 0 Å². The first-order valence-electron chi connectivity index (χ1n) is 1.45. The van der Waals surface area contributed by atoms with Gasteiger partial charge in [-0.25, -0.2) is 10.3 Å². The summed E-state index contributed by atoms with van der Waals surface area (Å²) in [4.78, 5) is 0. The molecule has 4 N–H and O–H groups in total. The van der Waals surface area contributed by atoms with E-state index < -0.39 is 20.8 Å². The molecule has 11 heavy (non-hydrogen) atoms. The van der Waals surface area contributed by atoms with E-state index in [0.29, 0.717) is 0 Å². The van der Waals surface area contributed by atoms with Gasteiger partial charge in [-0.1, -0.05) is 7.77 Å². The van der Waals surface area contributed by atoms with E-state index in [0.717, 1.165) is 0 Å². The molecule has 0 heterocycles. The van der Waals surface area contributed by atoms with Gasteiger partial charge in [0.05, 0.1) is 0 Å². The molecule has 0 saturated carbocycles. The number of rotatable bonds is 0. The Balaban J connectivity index is -0.000000107. The standard InChI is InChI=1S/2FH2NO2S.Na/c2*1-5(2,3)4;/h2*(H2,2,3,4);. The van der Waals surface area contributed by atoms with Crippen LogP contribution in [0.5, 0.6) is 0 Å². The van der Waals surface area contributed by atoms with E-state index in [-0.39, 0.29) is 29.6 Å². The molecule has 0 aromatic rings. The van der Waals surface area contributed by atoms with Gasteiger partial charge in [-0.05, 0) is 0 Å². The SMILES string of the molecule is NS(=O)(=O)F.NS(=O)(=O)F.[Na]. The Hall–Kier alpha value is 0.680. The number of hydrogen-bond donors (Lipinski definition) is 2. The molecule has 0 rings (SSSR count). The maximum Gasteiger partial charge on any atom is 0.369 e. The molecule has 6 nitrogen and oxygen atoms in total. The third kappa shape index (κ3) is 1740. The summed E-state index contributed by atoms with van der Waals surface area (Å²) >= 11 is 0. The first-order chi connectivity index (χ1) is 4.00. The van der Waals surface area contributed by atoms with Crippen molar-refractivity contribution in [3.05, 3.63) is 0 Å². The fourth-order valence-electron chi connectivity index (χ4n) is 0. The molecule has 0 aliphatic heterocycles. The van der Waals surface area contributed by atoms with Gasteiger partial charge in [-0.15, -0.1) is 0 Å². The van der Waals surface area contributed by atoms with Gasteiger partial charge in [0.25, 0.3) is 0 Å². The first-order valence-corrected chi connectivity index (χ1v) is 4.34. The van der Waals surface area contributed by atoms with Crippen LogP contribution in [0.4, 0.5) is 7.77 Å². The zero-order valence-corrected chi connectivity index (χ0v) is 8.99. The molecule has 0 unspecified atom stereocenters. The average Bonchev–Trinajstić information content (AvgIpc) is 1.12. The Morgan fingerprint density at radius 1 is 0.818 bits per heavy atom. The average molecular weight is 221 g/mol. The van der Waals surface area contributed by atoms with E-state index >= 15 is 0 Å². The van der Waals surface area contributed by atoms with E-state index in [9.17, 15) is 7.77 Å². The zero-order valence-electron chi connectivity index (χ0n) is 5.36. The molecule has 11 heteroatoms. The smallest absolute Gasteiger partial charge is 0.202 e. The Morgan fingerprint density at radius 3 is 0.818 bits per heavy atom. The molecule has 0 spiro atoms. The van der Waals surface area contributed by atoms with Crippen LogP contribution in [0.15, 0.2) is 0 Å². The molecule has 0 aromatic heterocycles. The van der Waals surface area contributed by atoms with Crippen molar-refractivity contribution in [3.63, 3.8) is 0 Å². The summed E-state index contributed by atoms with van der Waals surface area (Å²) in [6, 6.07) is 0. The zero-order chi connectivity index (χ0) is 9.00. The Kier molecular flexibility index (Phi) is 10.0. The van der Waals surface area contributed by atoms with Crippen LogP contribution in [-0.4, -0.2) is 46.4 Å². The molecule has 0 aliphatic rings. The first kappa shape index (κ1) is 17.7. The molecule has 0 fully saturated rings. The topological polar surface area (TPSA) is 120 Å². The molecule has 0 amide bonds. The minimum atomic E-state index is -4.67. The van der Waals surface area contributed by atoms with Crippen LogP contribution in [-0.2, 0) is 20.8 Å². The summed E-state index contributed by atoms with van der Waals surface area (Å²) in [7, 11) is -9.33. The van der Waals surface area contributed by atoms with Gasteiger partial charge in [0, 0.05) is 29.6 Å². The van der Waals surface area contributed by atoms with Crippen molar-refractivity contribution in [2.75, 3.05) is 0 Å². The summed E-state index contributed by atoms with van der Waals surface area (Å²) in [5.74, 6) is 0. The second-order valence-corrected chi connectivity index (χ2v) is 2.85. The Labute approximate surface area is 84.9 Å². The van der Waals surface area contributed by atoms with Crippen molar-refractivity contribution in [2.45, 2.75) is 0 Å². The van der Waals surface area contributed by atoms with Gasteiger partial charge in [-0.2, -0.15) is 16.8 Å². The fourth-order valence-corrected chi connectivity index (χ4v) is 0. The van der Waals surface area contributed by atoms with E-state index in [1.54, 1.807) is 0 Å². The quantitative estimate of drug-likeness (QED) is 0.360. The molecule has 1 radical (unpaired) electrons. The molecule has 0 saturated heterocycles. The fraction of sp³-hybridized carbons (Fsp3) is 0. The summed E-state index contributed by atoms with van der Waals surface area (Å²) in [5.41, 5.74) is 0. The number of hydrogen-bond acceptors (Lipinski definition) is 4. The van der Waals surface area contributed by atoms with Crippen LogP contribution in [0, 0.1) is 0 Å². The largest absolute Gasteiger partial charge is 0.369 e. The maximum absolute atomic E-state index is 10.4. The van der Waals surface area contributed by atoms with Crippen LogP contribution < -0.4 is 10.3 Å². The minimum Gasteiger partial charge on any atom is -0.202 e. The third-order valence-corrected chi connectivity index (χ3v) is 0. The predicted octanol–water partition coefficient (Wildman–Crippen LogP) is -2.06. The van der Waals surface area contributed by atoms with Gasteiger partial charge in [0.15, 0.2) is 0 Å². The van der Waals surface area contributed by atoms with Gasteiger partial charge in [-0.3, -0.25) is 0 Å². The van der Waals surface area contributed by atoms with E-state index in [1.807, 2.05) is 0 Å². The molecule has 0 aromatic carbocycles. The van der Waals surface area contributed by atoms with Crippen molar-refractivity contribution in [1.82, 2.24) is 0 Å². The molecule has 65 valence electrons. The van der Waals surface area contributed by atoms with Gasteiger partial charge < -0.3 is 0 Å². The van der Waals surface area contributed by atoms with Crippen LogP contribution in [0.1, 0.15) is 0 Å². The van der Waals surface area contributed by atoms with Crippen LogP contribution in [0.3, 0.4) is 0 Å². The minimum absolute atomic E-state index is 0. The molecular weight excluding hydrogens is 217 g/mol. The molecular formula is H4F2N2NaO4S2. The molecule has 0 bridgehead atoms. The van der Waals surface area contributed by atoms with Crippen LogP contribution >= 0.6 is 0 Å². The van der Waals surface area contributed by atoms with Gasteiger partial charge in [0.1, 0.15) is 0 Å². The van der Waals surface area contributed by atoms with Gasteiger partial charge in [0.2, 0.25) is 0 Å². The monoisotopic (exact) mass is 221 g/mol. The van der Waals surface area contributed by atoms with Crippen molar-refractivity contribution < 1.29 is 24.6 Å². The normalized spacial score (nSPS) is 10.5. The summed E-state index contributed by atoms with van der Waals surface area (Å²) < 4.78 is 55.8. The second kappa shape index (κ2) is 6.22. The van der Waals surface area contributed by atoms with Crippen molar-refractivity contribution >= 4 is 50.4 Å².